The first-order valence-corrected chi connectivity index (χ1v) is 8.41. The molecule has 106 valence electrons. The van der Waals surface area contributed by atoms with Crippen LogP contribution in [0, 0.1) is 5.92 Å². The average Bonchev–Trinajstić information content (AvgIpc) is 2.57. The van der Waals surface area contributed by atoms with Gasteiger partial charge < -0.3 is 5.73 Å². The monoisotopic (exact) mass is 282 g/mol. The van der Waals surface area contributed by atoms with Crippen molar-refractivity contribution < 1.29 is 8.42 Å². The second-order valence-corrected chi connectivity index (χ2v) is 7.36. The molecular weight excluding hydrogens is 260 g/mol. The van der Waals surface area contributed by atoms with Crippen LogP contribution in [-0.4, -0.2) is 25.8 Å². The largest absolute Gasteiger partial charge is 0.398 e. The van der Waals surface area contributed by atoms with Crippen LogP contribution in [0.25, 0.3) is 0 Å². The highest BCUT2D eigenvalue weighted by molar-refractivity contribution is 7.88. The predicted molar refractivity (Wildman–Crippen MR) is 78.1 cm³/mol. The Morgan fingerprint density at radius 1 is 1.26 bits per heavy atom. The van der Waals surface area contributed by atoms with Gasteiger partial charge in [0.15, 0.2) is 0 Å². The standard InChI is InChI=1S/C14H22N2O2S/c1-12-5-4-9-16(10-8-12)19(17,18)11-13-6-2-3-7-14(13)15/h2-3,6-7,12H,4-5,8-11,15H2,1H3. The Bertz CT molecular complexity index is 528. The second kappa shape index (κ2) is 5.92. The zero-order valence-corrected chi connectivity index (χ0v) is 12.2. The molecule has 1 aliphatic heterocycles. The van der Waals surface area contributed by atoms with Crippen molar-refractivity contribution in [3.63, 3.8) is 0 Å². The molecule has 1 unspecified atom stereocenters. The van der Waals surface area contributed by atoms with E-state index in [1.807, 2.05) is 12.1 Å². The van der Waals surface area contributed by atoms with Crippen molar-refractivity contribution in [3.8, 4) is 0 Å². The maximum atomic E-state index is 12.4. The minimum Gasteiger partial charge on any atom is -0.398 e. The first-order valence-electron chi connectivity index (χ1n) is 6.80. The fraction of sp³-hybridized carbons (Fsp3) is 0.571. The van der Waals surface area contributed by atoms with Crippen LogP contribution < -0.4 is 5.73 Å². The number of rotatable bonds is 3. The molecule has 0 radical (unpaired) electrons. The van der Waals surface area contributed by atoms with E-state index in [1.54, 1.807) is 16.4 Å². The Labute approximate surface area is 115 Å². The summed E-state index contributed by atoms with van der Waals surface area (Å²) in [4.78, 5) is 0. The van der Waals surface area contributed by atoms with Crippen molar-refractivity contribution in [1.29, 1.82) is 0 Å². The minimum absolute atomic E-state index is 0.00799. The molecule has 0 bridgehead atoms. The molecule has 0 saturated carbocycles. The highest BCUT2D eigenvalue weighted by atomic mass is 32.2. The van der Waals surface area contributed by atoms with Gasteiger partial charge in [-0.3, -0.25) is 0 Å². The third-order valence-corrected chi connectivity index (χ3v) is 5.59. The van der Waals surface area contributed by atoms with Crippen LogP contribution in [0.15, 0.2) is 24.3 Å². The summed E-state index contributed by atoms with van der Waals surface area (Å²) < 4.78 is 26.5. The number of para-hydroxylation sites is 1. The van der Waals surface area contributed by atoms with Gasteiger partial charge >= 0.3 is 0 Å². The Hall–Kier alpha value is -1.07. The van der Waals surface area contributed by atoms with Gasteiger partial charge in [0.1, 0.15) is 0 Å². The van der Waals surface area contributed by atoms with E-state index in [1.165, 1.54) is 0 Å². The van der Waals surface area contributed by atoms with Crippen LogP contribution in [0.4, 0.5) is 5.69 Å². The summed E-state index contributed by atoms with van der Waals surface area (Å²) in [5.41, 5.74) is 7.07. The Morgan fingerprint density at radius 2 is 2.00 bits per heavy atom. The molecule has 2 N–H and O–H groups in total. The number of hydrogen-bond donors (Lipinski definition) is 1. The van der Waals surface area contributed by atoms with E-state index in [0.717, 1.165) is 19.3 Å². The molecule has 0 aromatic heterocycles. The van der Waals surface area contributed by atoms with E-state index >= 15 is 0 Å². The molecule has 1 saturated heterocycles. The Balaban J connectivity index is 2.12. The molecule has 0 aliphatic carbocycles. The van der Waals surface area contributed by atoms with Gasteiger partial charge in [0.25, 0.3) is 0 Å². The van der Waals surface area contributed by atoms with Gasteiger partial charge in [-0.1, -0.05) is 25.1 Å². The van der Waals surface area contributed by atoms with Crippen LogP contribution in [0.5, 0.6) is 0 Å². The van der Waals surface area contributed by atoms with Crippen LogP contribution in [0.2, 0.25) is 0 Å². The van der Waals surface area contributed by atoms with E-state index in [9.17, 15) is 8.42 Å². The lowest BCUT2D eigenvalue weighted by Crippen LogP contribution is -2.33. The van der Waals surface area contributed by atoms with Gasteiger partial charge in [0, 0.05) is 18.8 Å². The third-order valence-electron chi connectivity index (χ3n) is 3.76. The highest BCUT2D eigenvalue weighted by Gasteiger charge is 2.25. The molecule has 1 aromatic rings. The van der Waals surface area contributed by atoms with Gasteiger partial charge in [0.2, 0.25) is 10.0 Å². The first kappa shape index (κ1) is 14.3. The molecule has 4 nitrogen and oxygen atoms in total. The van der Waals surface area contributed by atoms with Crippen molar-refractivity contribution in [2.45, 2.75) is 31.9 Å². The van der Waals surface area contributed by atoms with Crippen LogP contribution in [0.3, 0.4) is 0 Å². The number of nitrogens with zero attached hydrogens (tertiary/aromatic N) is 1. The third kappa shape index (κ3) is 3.70. The summed E-state index contributed by atoms with van der Waals surface area (Å²) in [7, 11) is -3.25. The molecule has 0 amide bonds. The molecule has 1 heterocycles. The number of nitrogen functional groups attached to an aromatic ring is 1. The maximum Gasteiger partial charge on any atom is 0.218 e. The zero-order chi connectivity index (χ0) is 13.9. The number of anilines is 1. The smallest absolute Gasteiger partial charge is 0.218 e. The quantitative estimate of drug-likeness (QED) is 0.865. The SMILES string of the molecule is CC1CCCN(S(=O)(=O)Cc2ccccc2N)CC1. The summed E-state index contributed by atoms with van der Waals surface area (Å²) in [6.45, 7) is 3.46. The zero-order valence-electron chi connectivity index (χ0n) is 11.4. The molecule has 5 heteroatoms. The van der Waals surface area contributed by atoms with Gasteiger partial charge in [0.05, 0.1) is 5.75 Å². The normalized spacial score (nSPS) is 22.1. The molecule has 1 aromatic carbocycles. The van der Waals surface area contributed by atoms with Crippen LogP contribution in [0.1, 0.15) is 31.7 Å². The van der Waals surface area contributed by atoms with E-state index < -0.39 is 10.0 Å². The minimum atomic E-state index is -3.25. The molecule has 1 atom stereocenters. The van der Waals surface area contributed by atoms with Crippen molar-refractivity contribution in [2.24, 2.45) is 5.92 Å². The number of hydrogen-bond acceptors (Lipinski definition) is 3. The van der Waals surface area contributed by atoms with E-state index in [4.69, 9.17) is 5.73 Å². The van der Waals surface area contributed by atoms with Crippen molar-refractivity contribution in [1.82, 2.24) is 4.31 Å². The maximum absolute atomic E-state index is 12.4. The number of sulfonamides is 1. The van der Waals surface area contributed by atoms with Gasteiger partial charge in [-0.25, -0.2) is 12.7 Å². The van der Waals surface area contributed by atoms with Gasteiger partial charge in [-0.05, 0) is 36.8 Å². The number of nitrogens with two attached hydrogens (primary N) is 1. The molecule has 1 aliphatic rings. The summed E-state index contributed by atoms with van der Waals surface area (Å²) in [6.07, 6.45) is 3.01. The Kier molecular flexibility index (Phi) is 4.47. The molecule has 0 spiro atoms. The van der Waals surface area contributed by atoms with E-state index in [0.29, 0.717) is 30.3 Å². The highest BCUT2D eigenvalue weighted by Crippen LogP contribution is 2.22. The fourth-order valence-electron chi connectivity index (χ4n) is 2.47. The van der Waals surface area contributed by atoms with E-state index in [-0.39, 0.29) is 5.75 Å². The van der Waals surface area contributed by atoms with Crippen LogP contribution >= 0.6 is 0 Å². The lowest BCUT2D eigenvalue weighted by Gasteiger charge is -2.20. The van der Waals surface area contributed by atoms with E-state index in [2.05, 4.69) is 6.92 Å². The summed E-state index contributed by atoms with van der Waals surface area (Å²) in [5.74, 6) is 0.621. The summed E-state index contributed by atoms with van der Waals surface area (Å²) in [6, 6.07) is 7.17. The molecule has 1 fully saturated rings. The molecule has 19 heavy (non-hydrogen) atoms. The topological polar surface area (TPSA) is 63.4 Å². The van der Waals surface area contributed by atoms with Gasteiger partial charge in [-0.2, -0.15) is 0 Å². The van der Waals surface area contributed by atoms with Crippen molar-refractivity contribution in [2.75, 3.05) is 18.8 Å². The average molecular weight is 282 g/mol. The van der Waals surface area contributed by atoms with Crippen molar-refractivity contribution >= 4 is 15.7 Å². The molecular formula is C14H22N2O2S. The number of benzene rings is 1. The van der Waals surface area contributed by atoms with Crippen LogP contribution in [-0.2, 0) is 15.8 Å². The Morgan fingerprint density at radius 3 is 2.74 bits per heavy atom. The molecule has 2 rings (SSSR count). The lowest BCUT2D eigenvalue weighted by molar-refractivity contribution is 0.416. The summed E-state index contributed by atoms with van der Waals surface area (Å²) >= 11 is 0. The summed E-state index contributed by atoms with van der Waals surface area (Å²) in [5, 5.41) is 0. The lowest BCUT2D eigenvalue weighted by atomic mass is 10.0. The van der Waals surface area contributed by atoms with Gasteiger partial charge in [-0.15, -0.1) is 0 Å². The first-order chi connectivity index (χ1) is 8.99. The second-order valence-electron chi connectivity index (χ2n) is 5.39. The predicted octanol–water partition coefficient (Wildman–Crippen LogP) is 2.22. The fourth-order valence-corrected chi connectivity index (χ4v) is 4.10. The van der Waals surface area contributed by atoms with Crippen molar-refractivity contribution in [3.05, 3.63) is 29.8 Å².